The van der Waals surface area contributed by atoms with Crippen molar-refractivity contribution >= 4 is 18.6 Å². The smallest absolute Gasteiger partial charge is 0.311 e. The van der Waals surface area contributed by atoms with Gasteiger partial charge in [0.25, 0.3) is 0 Å². The Hall–Kier alpha value is -0.960. The Morgan fingerprint density at radius 2 is 2.29 bits per heavy atom. The van der Waals surface area contributed by atoms with Crippen LogP contribution in [-0.4, -0.2) is 5.97 Å². The monoisotopic (exact) mass is 210 g/mol. The standard InChI is InChI=1S/C11H14O2S/c1-2-3-7-11(12)13-9-5-4-6-10(14)8-9/h4-6,8,14H,2-3,7H2,1H3. The molecule has 1 aromatic carbocycles. The summed E-state index contributed by atoms with van der Waals surface area (Å²) in [5, 5.41) is 0. The summed E-state index contributed by atoms with van der Waals surface area (Å²) in [5.41, 5.74) is 0. The molecule has 0 heterocycles. The molecule has 1 aromatic rings. The summed E-state index contributed by atoms with van der Waals surface area (Å²) in [6.07, 6.45) is 2.36. The van der Waals surface area contributed by atoms with Crippen molar-refractivity contribution in [3.05, 3.63) is 24.3 Å². The molecule has 14 heavy (non-hydrogen) atoms. The third-order valence-electron chi connectivity index (χ3n) is 1.78. The number of rotatable bonds is 4. The number of ether oxygens (including phenoxy) is 1. The zero-order chi connectivity index (χ0) is 10.4. The van der Waals surface area contributed by atoms with E-state index in [2.05, 4.69) is 12.6 Å². The van der Waals surface area contributed by atoms with Gasteiger partial charge in [-0.2, -0.15) is 0 Å². The molecule has 0 aliphatic carbocycles. The molecule has 0 atom stereocenters. The van der Waals surface area contributed by atoms with Crippen molar-refractivity contribution in [2.45, 2.75) is 31.1 Å². The van der Waals surface area contributed by atoms with Crippen LogP contribution >= 0.6 is 12.6 Å². The summed E-state index contributed by atoms with van der Waals surface area (Å²) in [4.78, 5) is 12.0. The Kier molecular flexibility index (Phi) is 4.53. The molecule has 0 saturated heterocycles. The van der Waals surface area contributed by atoms with E-state index >= 15 is 0 Å². The van der Waals surface area contributed by atoms with Crippen LogP contribution in [0.4, 0.5) is 0 Å². The number of hydrogen-bond acceptors (Lipinski definition) is 3. The first-order valence-corrected chi connectivity index (χ1v) is 5.17. The molecule has 3 heteroatoms. The van der Waals surface area contributed by atoms with Crippen LogP contribution in [0.1, 0.15) is 26.2 Å². The van der Waals surface area contributed by atoms with Gasteiger partial charge in [-0.05, 0) is 24.6 Å². The molecule has 0 amide bonds. The Morgan fingerprint density at radius 1 is 1.50 bits per heavy atom. The summed E-state index contributed by atoms with van der Waals surface area (Å²) >= 11 is 4.16. The quantitative estimate of drug-likeness (QED) is 0.469. The zero-order valence-electron chi connectivity index (χ0n) is 8.19. The Balaban J connectivity index is 2.47. The fraction of sp³-hybridized carbons (Fsp3) is 0.364. The van der Waals surface area contributed by atoms with Crippen LogP contribution in [0.25, 0.3) is 0 Å². The van der Waals surface area contributed by atoms with E-state index in [1.165, 1.54) is 0 Å². The van der Waals surface area contributed by atoms with E-state index in [9.17, 15) is 4.79 Å². The number of esters is 1. The fourth-order valence-corrected chi connectivity index (χ4v) is 1.26. The van der Waals surface area contributed by atoms with E-state index in [0.717, 1.165) is 17.7 Å². The summed E-state index contributed by atoms with van der Waals surface area (Å²) in [6, 6.07) is 7.13. The minimum absolute atomic E-state index is 0.175. The lowest BCUT2D eigenvalue weighted by Gasteiger charge is -2.03. The highest BCUT2D eigenvalue weighted by Crippen LogP contribution is 2.16. The molecule has 0 radical (unpaired) electrons. The zero-order valence-corrected chi connectivity index (χ0v) is 9.09. The molecule has 0 bridgehead atoms. The average Bonchev–Trinajstić information content (AvgIpc) is 2.15. The molecule has 0 aromatic heterocycles. The van der Waals surface area contributed by atoms with E-state index in [-0.39, 0.29) is 5.97 Å². The molecular formula is C11H14O2S. The molecule has 0 fully saturated rings. The van der Waals surface area contributed by atoms with Gasteiger partial charge in [0.2, 0.25) is 0 Å². The Labute approximate surface area is 89.7 Å². The summed E-state index contributed by atoms with van der Waals surface area (Å²) in [5.74, 6) is 0.393. The van der Waals surface area contributed by atoms with E-state index < -0.39 is 0 Å². The molecule has 0 N–H and O–H groups in total. The molecule has 0 aliphatic heterocycles. The van der Waals surface area contributed by atoms with Crippen LogP contribution in [0, 0.1) is 0 Å². The van der Waals surface area contributed by atoms with Gasteiger partial charge in [0.15, 0.2) is 0 Å². The third-order valence-corrected chi connectivity index (χ3v) is 2.06. The maximum atomic E-state index is 11.2. The maximum absolute atomic E-state index is 11.2. The fourth-order valence-electron chi connectivity index (χ4n) is 1.05. The lowest BCUT2D eigenvalue weighted by molar-refractivity contribution is -0.134. The van der Waals surface area contributed by atoms with Crippen LogP contribution in [0.2, 0.25) is 0 Å². The predicted octanol–water partition coefficient (Wildman–Crippen LogP) is 3.07. The minimum atomic E-state index is -0.175. The van der Waals surface area contributed by atoms with Gasteiger partial charge in [-0.15, -0.1) is 12.6 Å². The highest BCUT2D eigenvalue weighted by Gasteiger charge is 2.03. The van der Waals surface area contributed by atoms with Crippen molar-refractivity contribution in [2.75, 3.05) is 0 Å². The van der Waals surface area contributed by atoms with Crippen molar-refractivity contribution in [1.82, 2.24) is 0 Å². The molecule has 2 nitrogen and oxygen atoms in total. The lowest BCUT2D eigenvalue weighted by Crippen LogP contribution is -2.07. The van der Waals surface area contributed by atoms with Gasteiger partial charge in [-0.3, -0.25) is 4.79 Å². The number of unbranched alkanes of at least 4 members (excludes halogenated alkanes) is 1. The molecule has 0 unspecified atom stereocenters. The van der Waals surface area contributed by atoms with Crippen molar-refractivity contribution in [3.8, 4) is 5.75 Å². The molecule has 76 valence electrons. The molecule has 1 rings (SSSR count). The van der Waals surface area contributed by atoms with Crippen LogP contribution in [0.5, 0.6) is 5.75 Å². The number of hydrogen-bond donors (Lipinski definition) is 1. The number of carbonyl (C=O) groups is 1. The van der Waals surface area contributed by atoms with Crippen molar-refractivity contribution in [3.63, 3.8) is 0 Å². The highest BCUT2D eigenvalue weighted by atomic mass is 32.1. The maximum Gasteiger partial charge on any atom is 0.311 e. The average molecular weight is 210 g/mol. The van der Waals surface area contributed by atoms with Gasteiger partial charge in [0.05, 0.1) is 0 Å². The van der Waals surface area contributed by atoms with Crippen molar-refractivity contribution < 1.29 is 9.53 Å². The number of carbonyl (C=O) groups excluding carboxylic acids is 1. The minimum Gasteiger partial charge on any atom is -0.426 e. The Morgan fingerprint density at radius 3 is 2.93 bits per heavy atom. The first-order valence-electron chi connectivity index (χ1n) is 4.72. The Bertz CT molecular complexity index is 310. The first-order chi connectivity index (χ1) is 6.72. The number of benzene rings is 1. The van der Waals surface area contributed by atoms with Crippen LogP contribution < -0.4 is 4.74 Å². The SMILES string of the molecule is CCCCC(=O)Oc1cccc(S)c1. The number of thiol groups is 1. The summed E-state index contributed by atoms with van der Waals surface area (Å²) in [6.45, 7) is 2.04. The molecule has 0 spiro atoms. The summed E-state index contributed by atoms with van der Waals surface area (Å²) < 4.78 is 5.11. The second-order valence-corrected chi connectivity index (χ2v) is 3.59. The van der Waals surface area contributed by atoms with E-state index in [1.54, 1.807) is 12.1 Å². The topological polar surface area (TPSA) is 26.3 Å². The van der Waals surface area contributed by atoms with E-state index in [1.807, 2.05) is 19.1 Å². The highest BCUT2D eigenvalue weighted by molar-refractivity contribution is 7.80. The van der Waals surface area contributed by atoms with Crippen molar-refractivity contribution in [2.24, 2.45) is 0 Å². The van der Waals surface area contributed by atoms with Crippen LogP contribution in [0.15, 0.2) is 29.2 Å². The molecule has 0 saturated carbocycles. The van der Waals surface area contributed by atoms with Crippen LogP contribution in [-0.2, 0) is 4.79 Å². The molecule has 0 aliphatic rings. The van der Waals surface area contributed by atoms with Gasteiger partial charge in [-0.25, -0.2) is 0 Å². The van der Waals surface area contributed by atoms with Crippen LogP contribution in [0.3, 0.4) is 0 Å². The van der Waals surface area contributed by atoms with Gasteiger partial charge in [0.1, 0.15) is 5.75 Å². The summed E-state index contributed by atoms with van der Waals surface area (Å²) in [7, 11) is 0. The first kappa shape index (κ1) is 11.1. The van der Waals surface area contributed by atoms with Gasteiger partial charge < -0.3 is 4.74 Å². The van der Waals surface area contributed by atoms with Crippen molar-refractivity contribution in [1.29, 1.82) is 0 Å². The largest absolute Gasteiger partial charge is 0.426 e. The normalized spacial score (nSPS) is 9.86. The van der Waals surface area contributed by atoms with Gasteiger partial charge >= 0.3 is 5.97 Å². The lowest BCUT2D eigenvalue weighted by atomic mass is 10.2. The predicted molar refractivity (Wildman–Crippen MR) is 58.9 cm³/mol. The van der Waals surface area contributed by atoms with Gasteiger partial charge in [-0.1, -0.05) is 19.4 Å². The molecular weight excluding hydrogens is 196 g/mol. The van der Waals surface area contributed by atoms with Gasteiger partial charge in [0, 0.05) is 11.3 Å². The second kappa shape index (κ2) is 5.70. The third kappa shape index (κ3) is 3.83. The second-order valence-electron chi connectivity index (χ2n) is 3.07. The van der Waals surface area contributed by atoms with E-state index in [4.69, 9.17) is 4.74 Å². The van der Waals surface area contributed by atoms with E-state index in [0.29, 0.717) is 12.2 Å².